The number of carbonyl (C=O) groups excluding carboxylic acids is 1. The average molecular weight is 327 g/mol. The van der Waals surface area contributed by atoms with E-state index in [-0.39, 0.29) is 5.91 Å². The third-order valence-electron chi connectivity index (χ3n) is 6.20. The minimum absolute atomic E-state index is 0.0434. The lowest BCUT2D eigenvalue weighted by atomic mass is 9.74. The third kappa shape index (κ3) is 2.21. The second-order valence-corrected chi connectivity index (χ2v) is 7.34. The molecule has 2 heterocycles. The fourth-order valence-electron chi connectivity index (χ4n) is 4.72. The van der Waals surface area contributed by atoms with Crippen LogP contribution in [-0.4, -0.2) is 40.7 Å². The van der Waals surface area contributed by atoms with E-state index in [2.05, 4.69) is 28.9 Å². The van der Waals surface area contributed by atoms with E-state index in [9.17, 15) is 4.79 Å². The highest BCUT2D eigenvalue weighted by molar-refractivity contribution is 6.07. The van der Waals surface area contributed by atoms with Gasteiger partial charge < -0.3 is 9.64 Å². The number of nitrogens with zero attached hydrogens (tertiary/aromatic N) is 2. The van der Waals surface area contributed by atoms with E-state index in [1.807, 2.05) is 18.2 Å². The Morgan fingerprint density at radius 3 is 3.00 bits per heavy atom. The average Bonchev–Trinajstić information content (AvgIpc) is 3.09. The summed E-state index contributed by atoms with van der Waals surface area (Å²) in [5.74, 6) is 2.71. The first kappa shape index (κ1) is 15.5. The molecule has 0 spiro atoms. The van der Waals surface area contributed by atoms with Gasteiger partial charge >= 0.3 is 0 Å². The van der Waals surface area contributed by atoms with Gasteiger partial charge in [-0.3, -0.25) is 9.89 Å². The number of likely N-dealkylation sites (tertiary alicyclic amines) is 1. The van der Waals surface area contributed by atoms with E-state index in [1.54, 1.807) is 7.11 Å². The van der Waals surface area contributed by atoms with Crippen molar-refractivity contribution >= 4 is 16.8 Å². The summed E-state index contributed by atoms with van der Waals surface area (Å²) in [6, 6.07) is 6.07. The first-order valence-corrected chi connectivity index (χ1v) is 8.96. The van der Waals surface area contributed by atoms with Gasteiger partial charge in [-0.15, -0.1) is 0 Å². The molecule has 0 radical (unpaired) electrons. The molecular formula is C19H25N3O2. The lowest BCUT2D eigenvalue weighted by Gasteiger charge is -2.33. The van der Waals surface area contributed by atoms with Crippen LogP contribution in [0.5, 0.6) is 5.75 Å². The zero-order valence-electron chi connectivity index (χ0n) is 14.6. The summed E-state index contributed by atoms with van der Waals surface area (Å²) in [5.41, 5.74) is 1.34. The molecule has 4 rings (SSSR count). The van der Waals surface area contributed by atoms with E-state index in [0.717, 1.165) is 29.8 Å². The highest BCUT2D eigenvalue weighted by Crippen LogP contribution is 2.44. The van der Waals surface area contributed by atoms with Crippen molar-refractivity contribution in [1.82, 2.24) is 15.1 Å². The number of amides is 1. The van der Waals surface area contributed by atoms with Gasteiger partial charge in [0.2, 0.25) is 0 Å². The van der Waals surface area contributed by atoms with E-state index < -0.39 is 0 Å². The van der Waals surface area contributed by atoms with Gasteiger partial charge in [-0.1, -0.05) is 26.3 Å². The highest BCUT2D eigenvalue weighted by Gasteiger charge is 2.47. The first-order valence-electron chi connectivity index (χ1n) is 8.96. The number of hydrogen-bond acceptors (Lipinski definition) is 3. The SMILES string of the molecule is CC[C@@H]1C[C@H]2CN(C(=O)c3n[nH]c4cccc(OC)c34)[C@@H](C1)C2C. The molecule has 1 aliphatic heterocycles. The van der Waals surface area contributed by atoms with Gasteiger partial charge in [-0.25, -0.2) is 0 Å². The molecule has 2 aliphatic rings. The molecule has 1 aromatic heterocycles. The van der Waals surface area contributed by atoms with Gasteiger partial charge in [0.15, 0.2) is 5.69 Å². The quantitative estimate of drug-likeness (QED) is 0.939. The highest BCUT2D eigenvalue weighted by atomic mass is 16.5. The van der Waals surface area contributed by atoms with Crippen molar-refractivity contribution in [3.05, 3.63) is 23.9 Å². The maximum absolute atomic E-state index is 13.3. The molecule has 128 valence electrons. The summed E-state index contributed by atoms with van der Waals surface area (Å²) >= 11 is 0. The molecule has 1 unspecified atom stereocenters. The molecule has 5 nitrogen and oxygen atoms in total. The number of H-pyrrole nitrogens is 1. The van der Waals surface area contributed by atoms with Gasteiger partial charge in [-0.05, 0) is 42.7 Å². The smallest absolute Gasteiger partial charge is 0.275 e. The topological polar surface area (TPSA) is 58.2 Å². The van der Waals surface area contributed by atoms with Crippen molar-refractivity contribution < 1.29 is 9.53 Å². The second-order valence-electron chi connectivity index (χ2n) is 7.34. The predicted octanol–water partition coefficient (Wildman–Crippen LogP) is 3.47. The summed E-state index contributed by atoms with van der Waals surface area (Å²) in [4.78, 5) is 15.3. The van der Waals surface area contributed by atoms with E-state index >= 15 is 0 Å². The molecule has 24 heavy (non-hydrogen) atoms. The van der Waals surface area contributed by atoms with Crippen molar-refractivity contribution in [2.75, 3.05) is 13.7 Å². The first-order chi connectivity index (χ1) is 11.6. The van der Waals surface area contributed by atoms with Crippen LogP contribution >= 0.6 is 0 Å². The molecule has 5 heteroatoms. The van der Waals surface area contributed by atoms with Crippen molar-refractivity contribution in [3.8, 4) is 5.75 Å². The van der Waals surface area contributed by atoms with Crippen LogP contribution in [0.1, 0.15) is 43.6 Å². The van der Waals surface area contributed by atoms with Crippen LogP contribution in [0, 0.1) is 17.8 Å². The third-order valence-corrected chi connectivity index (χ3v) is 6.20. The fourth-order valence-corrected chi connectivity index (χ4v) is 4.72. The van der Waals surface area contributed by atoms with Crippen molar-refractivity contribution in [2.24, 2.45) is 17.8 Å². The van der Waals surface area contributed by atoms with Crippen LogP contribution in [0.3, 0.4) is 0 Å². The molecule has 2 aromatic rings. The van der Waals surface area contributed by atoms with E-state index in [4.69, 9.17) is 4.74 Å². The van der Waals surface area contributed by atoms with Crippen molar-refractivity contribution in [3.63, 3.8) is 0 Å². The Morgan fingerprint density at radius 2 is 2.25 bits per heavy atom. The number of fused-ring (bicyclic) bond motifs is 3. The van der Waals surface area contributed by atoms with Crippen LogP contribution < -0.4 is 4.74 Å². The molecule has 4 atom stereocenters. The number of rotatable bonds is 3. The Labute approximate surface area is 142 Å². The molecule has 1 amide bonds. The molecule has 1 aromatic carbocycles. The summed E-state index contributed by atoms with van der Waals surface area (Å²) in [5, 5.41) is 8.11. The van der Waals surface area contributed by atoms with Gasteiger partial charge in [0.05, 0.1) is 18.0 Å². The molecule has 2 fully saturated rings. The van der Waals surface area contributed by atoms with Crippen LogP contribution in [0.25, 0.3) is 10.9 Å². The van der Waals surface area contributed by atoms with Crippen LogP contribution in [0.4, 0.5) is 0 Å². The predicted molar refractivity (Wildman–Crippen MR) is 93.1 cm³/mol. The van der Waals surface area contributed by atoms with Gasteiger partial charge in [0.1, 0.15) is 5.75 Å². The normalized spacial score (nSPS) is 29.2. The fraction of sp³-hybridized carbons (Fsp3) is 0.579. The van der Waals surface area contributed by atoms with Crippen LogP contribution in [0.2, 0.25) is 0 Å². The number of benzene rings is 1. The number of carbonyl (C=O) groups is 1. The maximum atomic E-state index is 13.3. The molecular weight excluding hydrogens is 302 g/mol. The lowest BCUT2D eigenvalue weighted by molar-refractivity contribution is 0.0694. The van der Waals surface area contributed by atoms with Crippen LogP contribution in [-0.2, 0) is 0 Å². The Kier molecular flexibility index (Phi) is 3.74. The number of aromatic amines is 1. The molecule has 1 saturated heterocycles. The lowest BCUT2D eigenvalue weighted by Crippen LogP contribution is -2.39. The number of methoxy groups -OCH3 is 1. The Balaban J connectivity index is 1.70. The van der Waals surface area contributed by atoms with Crippen LogP contribution in [0.15, 0.2) is 18.2 Å². The van der Waals surface area contributed by atoms with E-state index in [0.29, 0.717) is 29.3 Å². The second kappa shape index (κ2) is 5.80. The summed E-state index contributed by atoms with van der Waals surface area (Å²) < 4.78 is 5.45. The standard InChI is InChI=1S/C19H25N3O2/c1-4-12-8-13-10-22(15(9-12)11(13)2)19(23)18-17-14(20-21-18)6-5-7-16(17)24-3/h5-7,11-13,15H,4,8-10H2,1-3H3,(H,20,21)/t11?,12-,13+,15+/m1/s1. The van der Waals surface area contributed by atoms with Gasteiger partial charge in [0.25, 0.3) is 5.91 Å². The Morgan fingerprint density at radius 1 is 1.42 bits per heavy atom. The van der Waals surface area contributed by atoms with Crippen molar-refractivity contribution in [1.29, 1.82) is 0 Å². The minimum Gasteiger partial charge on any atom is -0.496 e. The van der Waals surface area contributed by atoms with Gasteiger partial charge in [-0.2, -0.15) is 5.10 Å². The zero-order valence-corrected chi connectivity index (χ0v) is 14.6. The number of hydrogen-bond donors (Lipinski definition) is 1. The Hall–Kier alpha value is -2.04. The number of aromatic nitrogens is 2. The largest absolute Gasteiger partial charge is 0.496 e. The summed E-state index contributed by atoms with van der Waals surface area (Å²) in [7, 11) is 1.63. The molecule has 1 aliphatic carbocycles. The summed E-state index contributed by atoms with van der Waals surface area (Å²) in [6.07, 6.45) is 3.59. The molecule has 1 saturated carbocycles. The zero-order chi connectivity index (χ0) is 16.8. The molecule has 1 N–H and O–H groups in total. The minimum atomic E-state index is 0.0434. The van der Waals surface area contributed by atoms with E-state index in [1.165, 1.54) is 12.8 Å². The van der Waals surface area contributed by atoms with Gasteiger partial charge in [0, 0.05) is 12.6 Å². The summed E-state index contributed by atoms with van der Waals surface area (Å²) in [6.45, 7) is 5.43. The maximum Gasteiger partial charge on any atom is 0.275 e. The monoisotopic (exact) mass is 327 g/mol. The van der Waals surface area contributed by atoms with Crippen molar-refractivity contribution in [2.45, 2.75) is 39.2 Å². The number of nitrogens with one attached hydrogen (secondary N) is 1. The Bertz CT molecular complexity index is 769. The molecule has 2 bridgehead atoms. The number of ether oxygens (including phenoxy) is 1.